The van der Waals surface area contributed by atoms with E-state index >= 15 is 0 Å². The molecule has 0 aliphatic carbocycles. The van der Waals surface area contributed by atoms with Crippen molar-refractivity contribution in [2.24, 2.45) is 0 Å². The van der Waals surface area contributed by atoms with Crippen LogP contribution in [-0.2, 0) is 20.0 Å². The molecule has 0 saturated heterocycles. The molecule has 0 aromatic rings. The maximum atomic E-state index is 12.6. The van der Waals surface area contributed by atoms with Crippen LogP contribution in [0.5, 0.6) is 0 Å². The number of rotatable bonds is 18. The van der Waals surface area contributed by atoms with Gasteiger partial charge in [-0.1, -0.05) is 51.9 Å². The maximum absolute atomic E-state index is 12.6. The van der Waals surface area contributed by atoms with Gasteiger partial charge in [0.1, 0.15) is 0 Å². The molecule has 8 nitrogen and oxygen atoms in total. The number of hydrogen-bond acceptors (Lipinski definition) is 6. The second-order valence-electron chi connectivity index (χ2n) is 6.74. The summed E-state index contributed by atoms with van der Waals surface area (Å²) in [5.74, 6) is 0. The van der Waals surface area contributed by atoms with E-state index in [1.54, 1.807) is 0 Å². The molecule has 162 valence electrons. The van der Waals surface area contributed by atoms with E-state index in [1.807, 2.05) is 12.1 Å². The average Bonchev–Trinajstić information content (AvgIpc) is 2.64. The standard InChI is InChI=1S/C18H34N4O4S2/c1-2-3-4-5-6-7-8-13-18(27(23,24)21-16-11-9-14-19)28(25,26)22-17-12-10-15-20/h18,21-22H,2-13,16-17H2,1H3. The van der Waals surface area contributed by atoms with Gasteiger partial charge in [-0.2, -0.15) is 10.5 Å². The topological polar surface area (TPSA) is 140 Å². The van der Waals surface area contributed by atoms with E-state index in [2.05, 4.69) is 16.4 Å². The molecule has 0 bridgehead atoms. The molecular formula is C18H34N4O4S2. The predicted octanol–water partition coefficient (Wildman–Crippen LogP) is 2.90. The number of nitriles is 2. The van der Waals surface area contributed by atoms with E-state index in [-0.39, 0.29) is 32.4 Å². The van der Waals surface area contributed by atoms with Crippen LogP contribution in [0.15, 0.2) is 0 Å². The largest absolute Gasteiger partial charge is 0.230 e. The summed E-state index contributed by atoms with van der Waals surface area (Å²) >= 11 is 0. The van der Waals surface area contributed by atoms with Crippen LogP contribution >= 0.6 is 0 Å². The third-order valence-corrected chi connectivity index (χ3v) is 8.86. The van der Waals surface area contributed by atoms with Crippen LogP contribution in [0.1, 0.15) is 84.0 Å². The van der Waals surface area contributed by atoms with Crippen LogP contribution < -0.4 is 9.44 Å². The molecular weight excluding hydrogens is 400 g/mol. The van der Waals surface area contributed by atoms with Crippen LogP contribution in [-0.4, -0.2) is 34.5 Å². The number of unbranched alkanes of at least 4 members (excludes halogenated alkanes) is 8. The summed E-state index contributed by atoms with van der Waals surface area (Å²) in [7, 11) is -8.16. The van der Waals surface area contributed by atoms with Crippen LogP contribution in [0.25, 0.3) is 0 Å². The molecule has 0 atom stereocenters. The molecule has 28 heavy (non-hydrogen) atoms. The Bertz CT molecular complexity index is 642. The van der Waals surface area contributed by atoms with Crippen molar-refractivity contribution in [3.8, 4) is 12.1 Å². The molecule has 2 N–H and O–H groups in total. The highest BCUT2D eigenvalue weighted by Gasteiger charge is 2.36. The molecule has 0 spiro atoms. The molecule has 0 aromatic heterocycles. The minimum absolute atomic E-state index is 0.0228. The molecule has 0 aromatic carbocycles. The minimum Gasteiger partial charge on any atom is -0.214 e. The first-order chi connectivity index (χ1) is 13.3. The van der Waals surface area contributed by atoms with E-state index < -0.39 is 24.6 Å². The SMILES string of the molecule is CCCCCCCCCC(S(=O)(=O)NCCCC#N)S(=O)(=O)NCCCC#N. The lowest BCUT2D eigenvalue weighted by Gasteiger charge is -2.19. The second kappa shape index (κ2) is 15.7. The molecule has 0 unspecified atom stereocenters. The van der Waals surface area contributed by atoms with Crippen molar-refractivity contribution in [2.75, 3.05) is 13.1 Å². The highest BCUT2D eigenvalue weighted by Crippen LogP contribution is 2.18. The number of nitrogens with one attached hydrogen (secondary N) is 2. The summed E-state index contributed by atoms with van der Waals surface area (Å²) in [4.78, 5) is 0. The Labute approximate surface area is 170 Å². The van der Waals surface area contributed by atoms with Gasteiger partial charge in [-0.05, 0) is 19.3 Å². The predicted molar refractivity (Wildman–Crippen MR) is 110 cm³/mol. The lowest BCUT2D eigenvalue weighted by molar-refractivity contribution is 0.536. The van der Waals surface area contributed by atoms with Gasteiger partial charge in [0.2, 0.25) is 20.0 Å². The van der Waals surface area contributed by atoms with Crippen LogP contribution in [0.4, 0.5) is 0 Å². The Morgan fingerprint density at radius 1 is 0.714 bits per heavy atom. The third-order valence-electron chi connectivity index (χ3n) is 4.27. The Morgan fingerprint density at radius 3 is 1.57 bits per heavy atom. The van der Waals surface area contributed by atoms with Gasteiger partial charge in [0.25, 0.3) is 0 Å². The van der Waals surface area contributed by atoms with E-state index in [0.29, 0.717) is 19.3 Å². The Hall–Kier alpha value is -1.20. The normalized spacial score (nSPS) is 12.0. The van der Waals surface area contributed by atoms with Gasteiger partial charge in [0.05, 0.1) is 12.1 Å². The van der Waals surface area contributed by atoms with Gasteiger partial charge in [0, 0.05) is 25.9 Å². The van der Waals surface area contributed by atoms with E-state index in [4.69, 9.17) is 10.5 Å². The zero-order valence-corrected chi connectivity index (χ0v) is 18.5. The second-order valence-corrected chi connectivity index (χ2v) is 10.9. The zero-order chi connectivity index (χ0) is 21.3. The van der Waals surface area contributed by atoms with Crippen LogP contribution in [0.3, 0.4) is 0 Å². The summed E-state index contributed by atoms with van der Waals surface area (Å²) in [5.41, 5.74) is 0. The van der Waals surface area contributed by atoms with Crippen molar-refractivity contribution in [2.45, 2.75) is 88.6 Å². The van der Waals surface area contributed by atoms with Gasteiger partial charge in [-0.3, -0.25) is 0 Å². The first-order valence-electron chi connectivity index (χ1n) is 10.0. The zero-order valence-electron chi connectivity index (χ0n) is 16.8. The van der Waals surface area contributed by atoms with E-state index in [1.165, 1.54) is 6.42 Å². The average molecular weight is 435 g/mol. The number of hydrogen-bond donors (Lipinski definition) is 2. The van der Waals surface area contributed by atoms with Gasteiger partial charge in [-0.25, -0.2) is 26.3 Å². The molecule has 0 saturated carbocycles. The Morgan fingerprint density at radius 2 is 1.14 bits per heavy atom. The van der Waals surface area contributed by atoms with E-state index in [0.717, 1.165) is 32.1 Å². The van der Waals surface area contributed by atoms with Gasteiger partial charge < -0.3 is 0 Å². The molecule has 0 amide bonds. The fourth-order valence-electron chi connectivity index (χ4n) is 2.69. The fourth-order valence-corrected chi connectivity index (χ4v) is 6.62. The van der Waals surface area contributed by atoms with Crippen molar-refractivity contribution < 1.29 is 16.8 Å². The monoisotopic (exact) mass is 434 g/mol. The molecule has 0 aliphatic rings. The minimum atomic E-state index is -4.08. The Kier molecular flexibility index (Phi) is 15.0. The lowest BCUT2D eigenvalue weighted by atomic mass is 10.1. The highest BCUT2D eigenvalue weighted by molar-refractivity contribution is 8.07. The third kappa shape index (κ3) is 12.3. The molecule has 0 heterocycles. The molecule has 0 rings (SSSR count). The summed E-state index contributed by atoms with van der Waals surface area (Å²) in [6, 6.07) is 3.85. The van der Waals surface area contributed by atoms with Gasteiger partial charge >= 0.3 is 0 Å². The fraction of sp³-hybridized carbons (Fsp3) is 0.889. The lowest BCUT2D eigenvalue weighted by Crippen LogP contribution is -2.45. The quantitative estimate of drug-likeness (QED) is 0.318. The van der Waals surface area contributed by atoms with E-state index in [9.17, 15) is 16.8 Å². The van der Waals surface area contributed by atoms with Crippen molar-refractivity contribution in [1.82, 2.24) is 9.44 Å². The molecule has 0 fully saturated rings. The molecule has 0 aliphatic heterocycles. The van der Waals surface area contributed by atoms with Crippen LogP contribution in [0, 0.1) is 22.7 Å². The maximum Gasteiger partial charge on any atom is 0.230 e. The Balaban J connectivity index is 4.86. The number of sulfonamides is 2. The molecule has 10 heteroatoms. The van der Waals surface area contributed by atoms with Crippen molar-refractivity contribution in [1.29, 1.82) is 10.5 Å². The summed E-state index contributed by atoms with van der Waals surface area (Å²) in [6.45, 7) is 2.20. The highest BCUT2D eigenvalue weighted by atomic mass is 32.3. The summed E-state index contributed by atoms with van der Waals surface area (Å²) in [5, 5.41) is 17.1. The van der Waals surface area contributed by atoms with Gasteiger partial charge in [-0.15, -0.1) is 0 Å². The first-order valence-corrected chi connectivity index (χ1v) is 13.1. The summed E-state index contributed by atoms with van der Waals surface area (Å²) < 4.78 is 53.3. The smallest absolute Gasteiger partial charge is 0.214 e. The number of nitrogens with zero attached hydrogens (tertiary/aromatic N) is 2. The van der Waals surface area contributed by atoms with Crippen molar-refractivity contribution >= 4 is 20.0 Å². The molecule has 0 radical (unpaired) electrons. The summed E-state index contributed by atoms with van der Waals surface area (Å²) in [6.07, 6.45) is 7.85. The van der Waals surface area contributed by atoms with Crippen molar-refractivity contribution in [3.63, 3.8) is 0 Å². The van der Waals surface area contributed by atoms with Crippen molar-refractivity contribution in [3.05, 3.63) is 0 Å². The van der Waals surface area contributed by atoms with Crippen LogP contribution in [0.2, 0.25) is 0 Å². The van der Waals surface area contributed by atoms with Gasteiger partial charge in [0.15, 0.2) is 4.58 Å². The first kappa shape index (κ1) is 26.8.